The van der Waals surface area contributed by atoms with E-state index in [1.807, 2.05) is 0 Å². The predicted octanol–water partition coefficient (Wildman–Crippen LogP) is 3.89. The van der Waals surface area contributed by atoms with Crippen molar-refractivity contribution in [2.24, 2.45) is 0 Å². The monoisotopic (exact) mass is 302 g/mol. The van der Waals surface area contributed by atoms with Crippen molar-refractivity contribution in [1.82, 2.24) is 4.98 Å². The van der Waals surface area contributed by atoms with Crippen LogP contribution in [0.5, 0.6) is 0 Å². The lowest BCUT2D eigenvalue weighted by Crippen LogP contribution is -2.06. The Kier molecular flexibility index (Phi) is 4.61. The van der Waals surface area contributed by atoms with E-state index in [0.29, 0.717) is 23.2 Å². The molecule has 1 aromatic carbocycles. The fourth-order valence-corrected chi connectivity index (χ4v) is 2.57. The van der Waals surface area contributed by atoms with Gasteiger partial charge in [-0.15, -0.1) is 0 Å². The molecule has 0 fully saturated rings. The summed E-state index contributed by atoms with van der Waals surface area (Å²) in [6.45, 7) is 1.07. The molecule has 0 saturated carbocycles. The Balaban J connectivity index is 2.24. The van der Waals surface area contributed by atoms with Crippen molar-refractivity contribution < 1.29 is 17.9 Å². The lowest BCUT2D eigenvalue weighted by Gasteiger charge is -2.10. The largest absolute Gasteiger partial charge is 0.417 e. The van der Waals surface area contributed by atoms with Crippen molar-refractivity contribution in [2.45, 2.75) is 6.18 Å². The van der Waals surface area contributed by atoms with Crippen LogP contribution in [0.25, 0.3) is 10.4 Å². The van der Waals surface area contributed by atoms with Crippen LogP contribution in [0.4, 0.5) is 18.3 Å². The molecule has 2 rings (SSSR count). The molecule has 0 saturated heterocycles. The Morgan fingerprint density at radius 3 is 2.75 bits per heavy atom. The molecule has 0 aliphatic rings. The van der Waals surface area contributed by atoms with Crippen LogP contribution in [0.3, 0.4) is 0 Å². The van der Waals surface area contributed by atoms with Gasteiger partial charge < -0.3 is 10.1 Å². The van der Waals surface area contributed by atoms with Gasteiger partial charge in [-0.2, -0.15) is 13.2 Å². The number of anilines is 1. The van der Waals surface area contributed by atoms with E-state index in [0.717, 1.165) is 6.07 Å². The lowest BCUT2D eigenvalue weighted by molar-refractivity contribution is -0.137. The number of ether oxygens (including phenoxy) is 1. The van der Waals surface area contributed by atoms with E-state index in [1.54, 1.807) is 13.2 Å². The van der Waals surface area contributed by atoms with E-state index >= 15 is 0 Å². The molecule has 0 radical (unpaired) electrons. The van der Waals surface area contributed by atoms with Gasteiger partial charge in [0.15, 0.2) is 5.13 Å². The summed E-state index contributed by atoms with van der Waals surface area (Å²) < 4.78 is 43.7. The summed E-state index contributed by atoms with van der Waals surface area (Å²) in [5.41, 5.74) is -0.496. The van der Waals surface area contributed by atoms with E-state index < -0.39 is 11.7 Å². The highest BCUT2D eigenvalue weighted by Crippen LogP contribution is 2.39. The van der Waals surface area contributed by atoms with Gasteiger partial charge in [0, 0.05) is 25.4 Å². The average molecular weight is 302 g/mol. The number of hydrogen-bond acceptors (Lipinski definition) is 4. The minimum absolute atomic E-state index is 0.150. The lowest BCUT2D eigenvalue weighted by atomic mass is 10.1. The number of rotatable bonds is 5. The van der Waals surface area contributed by atoms with Crippen molar-refractivity contribution in [2.75, 3.05) is 25.6 Å². The number of hydrogen-bond donors (Lipinski definition) is 1. The first-order valence-electron chi connectivity index (χ1n) is 5.87. The second kappa shape index (κ2) is 6.23. The topological polar surface area (TPSA) is 34.1 Å². The maximum absolute atomic E-state index is 12.9. The minimum atomic E-state index is -4.37. The van der Waals surface area contributed by atoms with E-state index in [-0.39, 0.29) is 5.56 Å². The van der Waals surface area contributed by atoms with Crippen LogP contribution in [-0.2, 0) is 10.9 Å². The Labute approximate surface area is 118 Å². The zero-order valence-corrected chi connectivity index (χ0v) is 11.5. The summed E-state index contributed by atoms with van der Waals surface area (Å²) in [7, 11) is 1.58. The molecule has 0 atom stereocenters. The van der Waals surface area contributed by atoms with Gasteiger partial charge in [0.2, 0.25) is 0 Å². The van der Waals surface area contributed by atoms with Crippen molar-refractivity contribution in [1.29, 1.82) is 0 Å². The van der Waals surface area contributed by atoms with Crippen molar-refractivity contribution in [3.63, 3.8) is 0 Å². The molecule has 1 N–H and O–H groups in total. The zero-order chi connectivity index (χ0) is 14.6. The normalized spacial score (nSPS) is 11.6. The Bertz CT molecular complexity index is 569. The first-order valence-corrected chi connectivity index (χ1v) is 6.69. The Morgan fingerprint density at radius 1 is 1.30 bits per heavy atom. The summed E-state index contributed by atoms with van der Waals surface area (Å²) >= 11 is 1.19. The predicted molar refractivity (Wildman–Crippen MR) is 72.9 cm³/mol. The summed E-state index contributed by atoms with van der Waals surface area (Å²) in [6, 6.07) is 5.50. The average Bonchev–Trinajstić information content (AvgIpc) is 2.87. The van der Waals surface area contributed by atoms with Gasteiger partial charge in [-0.3, -0.25) is 0 Å². The van der Waals surface area contributed by atoms with Crippen LogP contribution in [0.15, 0.2) is 30.5 Å². The maximum atomic E-state index is 12.9. The highest BCUT2D eigenvalue weighted by Gasteiger charge is 2.33. The molecule has 0 spiro atoms. The molecule has 1 aromatic heterocycles. The minimum Gasteiger partial charge on any atom is -0.383 e. The molecule has 20 heavy (non-hydrogen) atoms. The molecule has 0 bridgehead atoms. The van der Waals surface area contributed by atoms with Gasteiger partial charge in [-0.05, 0) is 6.07 Å². The molecule has 0 aliphatic carbocycles. The van der Waals surface area contributed by atoms with Gasteiger partial charge in [0.1, 0.15) is 0 Å². The SMILES string of the molecule is COCCNc1ncc(-c2ccccc2C(F)(F)F)s1. The molecule has 7 heteroatoms. The smallest absolute Gasteiger partial charge is 0.383 e. The summed E-state index contributed by atoms with van der Waals surface area (Å²) in [6.07, 6.45) is -2.92. The molecular weight excluding hydrogens is 289 g/mol. The maximum Gasteiger partial charge on any atom is 0.417 e. The van der Waals surface area contributed by atoms with Crippen LogP contribution in [0, 0.1) is 0 Å². The number of thiazole rings is 1. The van der Waals surface area contributed by atoms with Crippen molar-refractivity contribution in [3.05, 3.63) is 36.0 Å². The number of alkyl halides is 3. The second-order valence-electron chi connectivity index (χ2n) is 3.99. The molecule has 2 aromatic rings. The molecule has 1 heterocycles. The highest BCUT2D eigenvalue weighted by molar-refractivity contribution is 7.18. The van der Waals surface area contributed by atoms with Crippen LogP contribution >= 0.6 is 11.3 Å². The fourth-order valence-electron chi connectivity index (χ4n) is 1.69. The summed E-state index contributed by atoms with van der Waals surface area (Å²) in [4.78, 5) is 4.56. The number of nitrogens with one attached hydrogen (secondary N) is 1. The van der Waals surface area contributed by atoms with E-state index in [2.05, 4.69) is 10.3 Å². The Morgan fingerprint density at radius 2 is 2.05 bits per heavy atom. The fraction of sp³-hybridized carbons (Fsp3) is 0.308. The number of methoxy groups -OCH3 is 1. The van der Waals surface area contributed by atoms with E-state index in [4.69, 9.17) is 4.74 Å². The highest BCUT2D eigenvalue weighted by atomic mass is 32.1. The van der Waals surface area contributed by atoms with E-state index in [9.17, 15) is 13.2 Å². The van der Waals surface area contributed by atoms with Crippen LogP contribution in [0.1, 0.15) is 5.56 Å². The quantitative estimate of drug-likeness (QED) is 0.851. The molecule has 0 unspecified atom stereocenters. The van der Waals surface area contributed by atoms with Crippen molar-refractivity contribution >= 4 is 16.5 Å². The Hall–Kier alpha value is -1.60. The van der Waals surface area contributed by atoms with Gasteiger partial charge in [0.25, 0.3) is 0 Å². The first kappa shape index (κ1) is 14.8. The third-order valence-electron chi connectivity index (χ3n) is 2.59. The van der Waals surface area contributed by atoms with E-state index in [1.165, 1.54) is 29.7 Å². The molecular formula is C13H13F3N2OS. The molecule has 3 nitrogen and oxygen atoms in total. The van der Waals surface area contributed by atoms with Crippen LogP contribution < -0.4 is 5.32 Å². The standard InChI is InChI=1S/C13H13F3N2OS/c1-19-7-6-17-12-18-8-11(20-12)9-4-2-3-5-10(9)13(14,15)16/h2-5,8H,6-7H2,1H3,(H,17,18). The van der Waals surface area contributed by atoms with Gasteiger partial charge in [-0.1, -0.05) is 29.5 Å². The zero-order valence-electron chi connectivity index (χ0n) is 10.7. The number of benzene rings is 1. The van der Waals surface area contributed by atoms with Crippen LogP contribution in [-0.4, -0.2) is 25.2 Å². The third-order valence-corrected chi connectivity index (χ3v) is 3.57. The molecule has 0 aliphatic heterocycles. The third kappa shape index (κ3) is 3.49. The first-order chi connectivity index (χ1) is 9.52. The van der Waals surface area contributed by atoms with Gasteiger partial charge >= 0.3 is 6.18 Å². The van der Waals surface area contributed by atoms with Crippen molar-refractivity contribution in [3.8, 4) is 10.4 Å². The number of halogens is 3. The second-order valence-corrected chi connectivity index (χ2v) is 5.02. The van der Waals surface area contributed by atoms with Gasteiger partial charge in [0.05, 0.1) is 17.0 Å². The number of nitrogens with zero attached hydrogens (tertiary/aromatic N) is 1. The van der Waals surface area contributed by atoms with Crippen LogP contribution in [0.2, 0.25) is 0 Å². The number of aromatic nitrogens is 1. The molecule has 0 amide bonds. The summed E-state index contributed by atoms with van der Waals surface area (Å²) in [5, 5.41) is 3.57. The van der Waals surface area contributed by atoms with Gasteiger partial charge in [-0.25, -0.2) is 4.98 Å². The summed E-state index contributed by atoms with van der Waals surface area (Å²) in [5.74, 6) is 0. The molecule has 108 valence electrons.